The van der Waals surface area contributed by atoms with Gasteiger partial charge in [-0.15, -0.1) is 0 Å². The van der Waals surface area contributed by atoms with Crippen LogP contribution in [-0.2, 0) is 11.3 Å². The van der Waals surface area contributed by atoms with E-state index in [1.165, 1.54) is 7.11 Å². The first-order valence-electron chi connectivity index (χ1n) is 6.08. The van der Waals surface area contributed by atoms with Gasteiger partial charge in [-0.05, 0) is 37.1 Å². The molecule has 5 heteroatoms. The van der Waals surface area contributed by atoms with Gasteiger partial charge in [-0.2, -0.15) is 5.10 Å². The lowest BCUT2D eigenvalue weighted by Crippen LogP contribution is -2.06. The van der Waals surface area contributed by atoms with Crippen molar-refractivity contribution in [2.75, 3.05) is 12.8 Å². The molecule has 0 aliphatic carbocycles. The smallest absolute Gasteiger partial charge is 0.338 e. The average Bonchev–Trinajstić information content (AvgIpc) is 2.89. The summed E-state index contributed by atoms with van der Waals surface area (Å²) in [6.07, 6.45) is 3.68. The van der Waals surface area contributed by atoms with Gasteiger partial charge in [0, 0.05) is 24.0 Å². The van der Waals surface area contributed by atoms with Gasteiger partial charge in [0.1, 0.15) is 0 Å². The molecule has 0 unspecified atom stereocenters. The summed E-state index contributed by atoms with van der Waals surface area (Å²) >= 11 is 0. The number of ether oxygens (including phenoxy) is 1. The molecule has 19 heavy (non-hydrogen) atoms. The van der Waals surface area contributed by atoms with Crippen LogP contribution in [0.25, 0.3) is 11.1 Å². The molecule has 0 bridgehead atoms. The summed E-state index contributed by atoms with van der Waals surface area (Å²) in [6.45, 7) is 4.62. The lowest BCUT2D eigenvalue weighted by molar-refractivity contribution is 0.0600. The zero-order valence-corrected chi connectivity index (χ0v) is 11.3. The van der Waals surface area contributed by atoms with E-state index < -0.39 is 0 Å². The maximum absolute atomic E-state index is 11.7. The fraction of sp³-hybridized carbons (Fsp3) is 0.286. The molecule has 1 heterocycles. The normalized spacial score (nSPS) is 10.5. The number of aryl methyl sites for hydroxylation is 1. The molecule has 0 saturated carbocycles. The van der Waals surface area contributed by atoms with Crippen molar-refractivity contribution in [1.82, 2.24) is 9.78 Å². The van der Waals surface area contributed by atoms with Gasteiger partial charge in [0.05, 0.1) is 18.9 Å². The van der Waals surface area contributed by atoms with Crippen LogP contribution in [0.15, 0.2) is 24.5 Å². The van der Waals surface area contributed by atoms with Crippen molar-refractivity contribution in [3.05, 3.63) is 35.7 Å². The number of anilines is 1. The zero-order chi connectivity index (χ0) is 14.0. The van der Waals surface area contributed by atoms with Crippen LogP contribution in [0.3, 0.4) is 0 Å². The number of esters is 1. The second kappa shape index (κ2) is 5.14. The number of hydrogen-bond donors (Lipinski definition) is 1. The monoisotopic (exact) mass is 259 g/mol. The van der Waals surface area contributed by atoms with E-state index in [1.54, 1.807) is 19.2 Å². The molecule has 2 N–H and O–H groups in total. The molecule has 0 aliphatic rings. The lowest BCUT2D eigenvalue weighted by Gasteiger charge is -2.09. The Morgan fingerprint density at radius 1 is 1.42 bits per heavy atom. The summed E-state index contributed by atoms with van der Waals surface area (Å²) in [7, 11) is 1.36. The third-order valence-corrected chi connectivity index (χ3v) is 3.14. The molecule has 0 atom stereocenters. The predicted octanol–water partition coefficient (Wildman–Crippen LogP) is 2.25. The van der Waals surface area contributed by atoms with Crippen LogP contribution in [0.2, 0.25) is 0 Å². The van der Waals surface area contributed by atoms with E-state index in [-0.39, 0.29) is 5.97 Å². The molecule has 0 spiro atoms. The SMILES string of the molecule is CCn1cc(-c2cc(N)c(C)c(C(=O)OC)c2)cn1. The summed E-state index contributed by atoms with van der Waals surface area (Å²) in [5.41, 5.74) is 9.54. The Balaban J connectivity index is 2.52. The van der Waals surface area contributed by atoms with Crippen molar-refractivity contribution >= 4 is 11.7 Å². The van der Waals surface area contributed by atoms with Crippen LogP contribution in [0, 0.1) is 6.92 Å². The lowest BCUT2D eigenvalue weighted by atomic mass is 10.00. The Kier molecular flexibility index (Phi) is 3.55. The molecule has 0 fully saturated rings. The number of nitrogens with two attached hydrogens (primary N) is 1. The third kappa shape index (κ3) is 2.45. The molecule has 0 radical (unpaired) electrons. The van der Waals surface area contributed by atoms with Crippen LogP contribution in [-0.4, -0.2) is 22.9 Å². The minimum absolute atomic E-state index is 0.381. The van der Waals surface area contributed by atoms with Gasteiger partial charge < -0.3 is 10.5 Å². The second-order valence-electron chi connectivity index (χ2n) is 4.31. The van der Waals surface area contributed by atoms with Crippen LogP contribution in [0.5, 0.6) is 0 Å². The molecular formula is C14H17N3O2. The van der Waals surface area contributed by atoms with Crippen LogP contribution in [0.4, 0.5) is 5.69 Å². The maximum Gasteiger partial charge on any atom is 0.338 e. The predicted molar refractivity (Wildman–Crippen MR) is 73.8 cm³/mol. The molecule has 1 aromatic carbocycles. The Morgan fingerprint density at radius 3 is 2.74 bits per heavy atom. The zero-order valence-electron chi connectivity index (χ0n) is 11.3. The summed E-state index contributed by atoms with van der Waals surface area (Å²) in [5, 5.41) is 4.22. The summed E-state index contributed by atoms with van der Waals surface area (Å²) in [5.74, 6) is -0.381. The first-order valence-corrected chi connectivity index (χ1v) is 6.08. The van der Waals surface area contributed by atoms with Gasteiger partial charge in [-0.1, -0.05) is 0 Å². The van der Waals surface area contributed by atoms with E-state index in [9.17, 15) is 4.79 Å². The molecule has 2 rings (SSSR count). The second-order valence-corrected chi connectivity index (χ2v) is 4.31. The van der Waals surface area contributed by atoms with E-state index in [2.05, 4.69) is 5.10 Å². The number of nitrogens with zero attached hydrogens (tertiary/aromatic N) is 2. The van der Waals surface area contributed by atoms with Crippen LogP contribution in [0.1, 0.15) is 22.8 Å². The highest BCUT2D eigenvalue weighted by molar-refractivity contribution is 5.94. The van der Waals surface area contributed by atoms with Gasteiger partial charge in [0.15, 0.2) is 0 Å². The number of rotatable bonds is 3. The largest absolute Gasteiger partial charge is 0.465 e. The van der Waals surface area contributed by atoms with Crippen molar-refractivity contribution < 1.29 is 9.53 Å². The van der Waals surface area contributed by atoms with Crippen LogP contribution < -0.4 is 5.73 Å². The molecule has 5 nitrogen and oxygen atoms in total. The fourth-order valence-electron chi connectivity index (χ4n) is 1.91. The summed E-state index contributed by atoms with van der Waals surface area (Å²) in [4.78, 5) is 11.7. The number of carbonyl (C=O) groups excluding carboxylic acids is 1. The van der Waals surface area contributed by atoms with Crippen molar-refractivity contribution in [1.29, 1.82) is 0 Å². The van der Waals surface area contributed by atoms with Gasteiger partial charge in [-0.3, -0.25) is 4.68 Å². The summed E-state index contributed by atoms with van der Waals surface area (Å²) in [6, 6.07) is 3.63. The van der Waals surface area contributed by atoms with Crippen molar-refractivity contribution in [3.63, 3.8) is 0 Å². The van der Waals surface area contributed by atoms with E-state index >= 15 is 0 Å². The van der Waals surface area contributed by atoms with E-state index in [4.69, 9.17) is 10.5 Å². The summed E-state index contributed by atoms with van der Waals surface area (Å²) < 4.78 is 6.60. The number of carbonyl (C=O) groups is 1. The number of methoxy groups -OCH3 is 1. The minimum Gasteiger partial charge on any atom is -0.465 e. The standard InChI is InChI=1S/C14H17N3O2/c1-4-17-8-11(7-16-17)10-5-12(14(18)19-3)9(2)13(15)6-10/h5-8H,4,15H2,1-3H3. The van der Waals surface area contributed by atoms with E-state index in [0.29, 0.717) is 11.3 Å². The van der Waals surface area contributed by atoms with Crippen LogP contribution >= 0.6 is 0 Å². The Hall–Kier alpha value is -2.30. The quantitative estimate of drug-likeness (QED) is 0.678. The fourth-order valence-corrected chi connectivity index (χ4v) is 1.91. The molecule has 0 aliphatic heterocycles. The first kappa shape index (κ1) is 13.1. The highest BCUT2D eigenvalue weighted by Crippen LogP contribution is 2.27. The maximum atomic E-state index is 11.7. The average molecular weight is 259 g/mol. The number of benzene rings is 1. The van der Waals surface area contributed by atoms with E-state index in [0.717, 1.165) is 23.2 Å². The molecule has 0 amide bonds. The van der Waals surface area contributed by atoms with Crippen molar-refractivity contribution in [3.8, 4) is 11.1 Å². The molecule has 1 aromatic heterocycles. The Labute approximate surface area is 112 Å². The first-order chi connectivity index (χ1) is 9.06. The number of nitrogen functional groups attached to an aromatic ring is 1. The molecule has 100 valence electrons. The van der Waals surface area contributed by atoms with E-state index in [1.807, 2.05) is 23.9 Å². The topological polar surface area (TPSA) is 70.1 Å². The highest BCUT2D eigenvalue weighted by Gasteiger charge is 2.14. The Morgan fingerprint density at radius 2 is 2.16 bits per heavy atom. The van der Waals surface area contributed by atoms with Crippen molar-refractivity contribution in [2.24, 2.45) is 0 Å². The molecule has 0 saturated heterocycles. The third-order valence-electron chi connectivity index (χ3n) is 3.14. The van der Waals surface area contributed by atoms with Gasteiger partial charge >= 0.3 is 5.97 Å². The van der Waals surface area contributed by atoms with Gasteiger partial charge in [0.2, 0.25) is 0 Å². The number of hydrogen-bond acceptors (Lipinski definition) is 4. The van der Waals surface area contributed by atoms with Gasteiger partial charge in [-0.25, -0.2) is 4.79 Å². The molecule has 2 aromatic rings. The number of aromatic nitrogens is 2. The highest BCUT2D eigenvalue weighted by atomic mass is 16.5. The minimum atomic E-state index is -0.381. The Bertz CT molecular complexity index is 617. The molecular weight excluding hydrogens is 242 g/mol. The van der Waals surface area contributed by atoms with Gasteiger partial charge in [0.25, 0.3) is 0 Å². The van der Waals surface area contributed by atoms with Crippen molar-refractivity contribution in [2.45, 2.75) is 20.4 Å².